The van der Waals surface area contributed by atoms with Crippen LogP contribution in [-0.4, -0.2) is 46.7 Å². The van der Waals surface area contributed by atoms with E-state index in [1.54, 1.807) is 7.05 Å². The zero-order valence-electron chi connectivity index (χ0n) is 15.9. The van der Waals surface area contributed by atoms with Gasteiger partial charge in [0.1, 0.15) is 0 Å². The molecule has 3 saturated carbocycles. The molecule has 1 aliphatic heterocycles. The number of aliphatic imine (C=N–C) groups is 1. The van der Waals surface area contributed by atoms with Crippen LogP contribution in [0.5, 0.6) is 0 Å². The SMILES string of the molecule is CN=C(N)N1C=CC[C@@]2(C1)[C@@H]1CC[C@H]3CCC[C@H]4[C@@H](O)C(C(=O)O)=C(C1)[C@@]342. The van der Waals surface area contributed by atoms with E-state index in [9.17, 15) is 15.0 Å². The van der Waals surface area contributed by atoms with E-state index in [1.165, 1.54) is 0 Å². The van der Waals surface area contributed by atoms with Crippen LogP contribution in [0.2, 0.25) is 0 Å². The summed E-state index contributed by atoms with van der Waals surface area (Å²) in [7, 11) is 1.71. The number of carboxylic acid groups (broad SMARTS) is 1. The number of rotatable bonds is 1. The number of carbonyl (C=O) groups is 1. The average Bonchev–Trinajstić information content (AvgIpc) is 2.97. The molecular formula is C21H29N3O3. The standard InChI is InChI=1S/C21H29N3O3/c1-23-19(22)24-9-3-8-20(11-24)13-7-6-12-4-2-5-14-17(25)16(18(26)27)15(10-13)21(12,14)20/h3,9,12-14,17,25H,2,4-8,10-11H2,1H3,(H2,22,23)(H,26,27)/t12-,13-,14+,17-,20-,21-/m1/s1. The van der Waals surface area contributed by atoms with Crippen molar-refractivity contribution in [3.8, 4) is 0 Å². The molecule has 6 atom stereocenters. The van der Waals surface area contributed by atoms with Crippen LogP contribution in [0.3, 0.4) is 0 Å². The van der Waals surface area contributed by atoms with Gasteiger partial charge in [-0.1, -0.05) is 12.5 Å². The highest BCUT2D eigenvalue weighted by Crippen LogP contribution is 2.78. The Labute approximate surface area is 159 Å². The topological polar surface area (TPSA) is 99.1 Å². The van der Waals surface area contributed by atoms with Crippen molar-refractivity contribution in [2.75, 3.05) is 13.6 Å². The van der Waals surface area contributed by atoms with Crippen molar-refractivity contribution < 1.29 is 15.0 Å². The third-order valence-electron chi connectivity index (χ3n) is 8.69. The molecule has 0 aromatic carbocycles. The van der Waals surface area contributed by atoms with E-state index in [4.69, 9.17) is 5.73 Å². The smallest absolute Gasteiger partial charge is 0.334 e. The van der Waals surface area contributed by atoms with Gasteiger partial charge in [0.05, 0.1) is 11.7 Å². The minimum atomic E-state index is -0.916. The summed E-state index contributed by atoms with van der Waals surface area (Å²) < 4.78 is 0. The van der Waals surface area contributed by atoms with Gasteiger partial charge < -0.3 is 20.8 Å². The number of hydrogen-bond acceptors (Lipinski definition) is 3. The van der Waals surface area contributed by atoms with E-state index in [2.05, 4.69) is 11.1 Å². The second-order valence-corrected chi connectivity index (χ2v) is 9.18. The number of carboxylic acids is 1. The van der Waals surface area contributed by atoms with E-state index in [0.717, 1.165) is 57.1 Å². The highest BCUT2D eigenvalue weighted by atomic mass is 16.4. The van der Waals surface area contributed by atoms with Gasteiger partial charge in [0, 0.05) is 30.6 Å². The van der Waals surface area contributed by atoms with Gasteiger partial charge in [0.25, 0.3) is 0 Å². The zero-order valence-corrected chi connectivity index (χ0v) is 15.9. The fourth-order valence-electron chi connectivity index (χ4n) is 8.06. The third-order valence-corrected chi connectivity index (χ3v) is 8.69. The molecule has 3 fully saturated rings. The molecule has 4 aliphatic carbocycles. The van der Waals surface area contributed by atoms with Gasteiger partial charge in [-0.15, -0.1) is 0 Å². The van der Waals surface area contributed by atoms with Crippen LogP contribution in [0.1, 0.15) is 44.9 Å². The first kappa shape index (κ1) is 17.3. The number of aliphatic carboxylic acids is 1. The molecule has 27 heavy (non-hydrogen) atoms. The molecular weight excluding hydrogens is 342 g/mol. The molecule has 1 heterocycles. The fourth-order valence-corrected chi connectivity index (χ4v) is 8.06. The van der Waals surface area contributed by atoms with Crippen LogP contribution >= 0.6 is 0 Å². The van der Waals surface area contributed by atoms with Crippen LogP contribution in [0.4, 0.5) is 0 Å². The average molecular weight is 371 g/mol. The van der Waals surface area contributed by atoms with Crippen molar-refractivity contribution in [2.24, 2.45) is 39.3 Å². The number of allylic oxidation sites excluding steroid dienone is 2. The van der Waals surface area contributed by atoms with Crippen molar-refractivity contribution in [3.63, 3.8) is 0 Å². The van der Waals surface area contributed by atoms with Crippen molar-refractivity contribution in [2.45, 2.75) is 51.0 Å². The Morgan fingerprint density at radius 1 is 1.30 bits per heavy atom. The van der Waals surface area contributed by atoms with E-state index in [1.807, 2.05) is 11.1 Å². The number of aliphatic hydroxyl groups is 1. The predicted molar refractivity (Wildman–Crippen MR) is 102 cm³/mol. The number of nitrogens with zero attached hydrogens (tertiary/aromatic N) is 2. The Bertz CT molecular complexity index is 788. The van der Waals surface area contributed by atoms with Gasteiger partial charge in [-0.25, -0.2) is 4.79 Å². The number of aliphatic hydroxyl groups excluding tert-OH is 1. The van der Waals surface area contributed by atoms with Gasteiger partial charge >= 0.3 is 5.97 Å². The van der Waals surface area contributed by atoms with E-state index >= 15 is 0 Å². The van der Waals surface area contributed by atoms with Gasteiger partial charge in [-0.3, -0.25) is 4.99 Å². The van der Waals surface area contributed by atoms with Crippen LogP contribution < -0.4 is 5.73 Å². The van der Waals surface area contributed by atoms with E-state index in [-0.39, 0.29) is 16.7 Å². The highest BCUT2D eigenvalue weighted by Gasteiger charge is 2.75. The highest BCUT2D eigenvalue weighted by molar-refractivity contribution is 5.90. The largest absolute Gasteiger partial charge is 0.478 e. The summed E-state index contributed by atoms with van der Waals surface area (Å²) >= 11 is 0. The molecule has 2 bridgehead atoms. The molecule has 0 saturated heterocycles. The molecule has 6 heteroatoms. The lowest BCUT2D eigenvalue weighted by molar-refractivity contribution is -0.137. The molecule has 0 radical (unpaired) electrons. The molecule has 146 valence electrons. The summed E-state index contributed by atoms with van der Waals surface area (Å²) in [6.07, 6.45) is 10.6. The molecule has 2 spiro atoms. The fraction of sp³-hybridized carbons (Fsp3) is 0.714. The Kier molecular flexibility index (Phi) is 3.58. The van der Waals surface area contributed by atoms with Crippen molar-refractivity contribution in [3.05, 3.63) is 23.4 Å². The maximum atomic E-state index is 12.1. The normalized spacial score (nSPS) is 45.6. The summed E-state index contributed by atoms with van der Waals surface area (Å²) in [5, 5.41) is 21.1. The predicted octanol–water partition coefficient (Wildman–Crippen LogP) is 2.11. The monoisotopic (exact) mass is 371 g/mol. The minimum Gasteiger partial charge on any atom is -0.478 e. The van der Waals surface area contributed by atoms with Crippen LogP contribution in [0.15, 0.2) is 28.4 Å². The molecule has 5 aliphatic rings. The first-order valence-corrected chi connectivity index (χ1v) is 10.3. The maximum absolute atomic E-state index is 12.1. The van der Waals surface area contributed by atoms with Crippen LogP contribution in [0.25, 0.3) is 0 Å². The van der Waals surface area contributed by atoms with Crippen LogP contribution in [0, 0.1) is 28.6 Å². The molecule has 0 amide bonds. The van der Waals surface area contributed by atoms with E-state index < -0.39 is 12.1 Å². The van der Waals surface area contributed by atoms with Crippen LogP contribution in [-0.2, 0) is 4.79 Å². The Morgan fingerprint density at radius 3 is 2.81 bits per heavy atom. The number of nitrogens with two attached hydrogens (primary N) is 1. The van der Waals surface area contributed by atoms with Gasteiger partial charge in [0.15, 0.2) is 5.96 Å². The van der Waals surface area contributed by atoms with E-state index in [0.29, 0.717) is 23.4 Å². The lowest BCUT2D eigenvalue weighted by Gasteiger charge is -2.62. The quantitative estimate of drug-likeness (QED) is 0.484. The molecule has 4 N–H and O–H groups in total. The molecule has 0 unspecified atom stereocenters. The van der Waals surface area contributed by atoms with Crippen molar-refractivity contribution in [1.29, 1.82) is 0 Å². The van der Waals surface area contributed by atoms with Gasteiger partial charge in [-0.2, -0.15) is 0 Å². The second kappa shape index (κ2) is 5.60. The summed E-state index contributed by atoms with van der Waals surface area (Å²) in [6, 6.07) is 0. The summed E-state index contributed by atoms with van der Waals surface area (Å²) in [6.45, 7) is 0.785. The van der Waals surface area contributed by atoms with Crippen molar-refractivity contribution >= 4 is 11.9 Å². The Balaban J connectivity index is 1.73. The Hall–Kier alpha value is -1.82. The maximum Gasteiger partial charge on any atom is 0.334 e. The number of guanidine groups is 1. The summed E-state index contributed by atoms with van der Waals surface area (Å²) in [4.78, 5) is 18.4. The minimum absolute atomic E-state index is 0.0378. The molecule has 6 nitrogen and oxygen atoms in total. The Morgan fingerprint density at radius 2 is 2.07 bits per heavy atom. The lowest BCUT2D eigenvalue weighted by Crippen LogP contribution is -2.61. The molecule has 5 rings (SSSR count). The third kappa shape index (κ3) is 1.85. The second-order valence-electron chi connectivity index (χ2n) is 9.18. The summed E-state index contributed by atoms with van der Waals surface area (Å²) in [5.41, 5.74) is 7.36. The van der Waals surface area contributed by atoms with Crippen molar-refractivity contribution in [1.82, 2.24) is 4.90 Å². The van der Waals surface area contributed by atoms with Gasteiger partial charge in [0.2, 0.25) is 0 Å². The summed E-state index contributed by atoms with van der Waals surface area (Å²) in [5.74, 6) is 0.573. The lowest BCUT2D eigenvalue weighted by atomic mass is 9.43. The van der Waals surface area contributed by atoms with Gasteiger partial charge in [-0.05, 0) is 61.9 Å². The first-order valence-electron chi connectivity index (χ1n) is 10.3. The number of hydrogen-bond donors (Lipinski definition) is 3. The zero-order chi connectivity index (χ0) is 19.0. The molecule has 0 aromatic heterocycles. The molecule has 0 aromatic rings. The first-order chi connectivity index (χ1) is 13.0.